The molecule has 2 aromatic heterocycles. The van der Waals surface area contributed by atoms with Crippen molar-refractivity contribution in [2.24, 2.45) is 0 Å². The quantitative estimate of drug-likeness (QED) is 0.671. The molecule has 0 fully saturated rings. The Bertz CT molecular complexity index is 1060. The van der Waals surface area contributed by atoms with Crippen LogP contribution < -0.4 is 5.32 Å². The van der Waals surface area contributed by atoms with Gasteiger partial charge in [0.2, 0.25) is 5.91 Å². The number of rotatable bonds is 5. The summed E-state index contributed by atoms with van der Waals surface area (Å²) >= 11 is 7.03. The minimum Gasteiger partial charge on any atom is -0.301 e. The summed E-state index contributed by atoms with van der Waals surface area (Å²) in [6.07, 6.45) is 3.32. The largest absolute Gasteiger partial charge is 0.301 e. The van der Waals surface area contributed by atoms with Gasteiger partial charge < -0.3 is 5.32 Å². The Morgan fingerprint density at radius 3 is 2.52 bits per heavy atom. The number of amides is 1. The Morgan fingerprint density at radius 1 is 1.19 bits per heavy atom. The van der Waals surface area contributed by atoms with Gasteiger partial charge in [0.15, 0.2) is 15.0 Å². The van der Waals surface area contributed by atoms with Gasteiger partial charge in [-0.3, -0.25) is 9.78 Å². The van der Waals surface area contributed by atoms with Crippen LogP contribution in [0.5, 0.6) is 0 Å². The molecule has 0 saturated carbocycles. The predicted octanol–water partition coefficient (Wildman–Crippen LogP) is 4.05. The summed E-state index contributed by atoms with van der Waals surface area (Å²) < 4.78 is 24.1. The smallest absolute Gasteiger partial charge is 0.247 e. The monoisotopic (exact) mass is 421 g/mol. The summed E-state index contributed by atoms with van der Waals surface area (Å²) in [6, 6.07) is 9.36. The number of anilines is 1. The van der Waals surface area contributed by atoms with Crippen LogP contribution in [-0.2, 0) is 14.6 Å². The molecule has 0 aliphatic heterocycles. The van der Waals surface area contributed by atoms with Crippen molar-refractivity contribution in [3.05, 3.63) is 59.2 Å². The van der Waals surface area contributed by atoms with E-state index in [4.69, 9.17) is 11.6 Å². The molecule has 1 aromatic carbocycles. The lowest BCUT2D eigenvalue weighted by Gasteiger charge is -2.23. The van der Waals surface area contributed by atoms with Crippen molar-refractivity contribution < 1.29 is 13.2 Å². The molecule has 0 saturated heterocycles. The summed E-state index contributed by atoms with van der Waals surface area (Å²) in [7, 11) is -3.92. The van der Waals surface area contributed by atoms with Crippen molar-refractivity contribution in [1.82, 2.24) is 9.97 Å². The van der Waals surface area contributed by atoms with E-state index in [0.717, 1.165) is 5.56 Å². The molecule has 0 bridgehead atoms. The number of thiazole rings is 1. The third-order valence-electron chi connectivity index (χ3n) is 4.02. The van der Waals surface area contributed by atoms with E-state index < -0.39 is 20.5 Å². The SMILES string of the molecule is CC(C)(C(=O)Nc1nc(-c2cccnc2)cs1)S(=O)(=O)c1ccc(Cl)cc1. The molecule has 140 valence electrons. The van der Waals surface area contributed by atoms with Crippen LogP contribution in [-0.4, -0.2) is 29.0 Å². The van der Waals surface area contributed by atoms with Crippen molar-refractivity contribution in [1.29, 1.82) is 0 Å². The molecule has 0 atom stereocenters. The summed E-state index contributed by atoms with van der Waals surface area (Å²) in [5, 5.41) is 5.11. The molecule has 6 nitrogen and oxygen atoms in total. The fourth-order valence-electron chi connectivity index (χ4n) is 2.26. The molecule has 0 unspecified atom stereocenters. The van der Waals surface area contributed by atoms with Crippen LogP contribution in [0.25, 0.3) is 11.3 Å². The number of hydrogen-bond donors (Lipinski definition) is 1. The van der Waals surface area contributed by atoms with Crippen molar-refractivity contribution in [2.45, 2.75) is 23.5 Å². The zero-order valence-corrected chi connectivity index (χ0v) is 16.9. The second-order valence-electron chi connectivity index (χ2n) is 6.20. The van der Waals surface area contributed by atoms with Crippen LogP contribution in [0.2, 0.25) is 5.02 Å². The van der Waals surface area contributed by atoms with Crippen LogP contribution in [0.15, 0.2) is 59.1 Å². The van der Waals surface area contributed by atoms with Gasteiger partial charge in [-0.15, -0.1) is 11.3 Å². The number of hydrogen-bond acceptors (Lipinski definition) is 6. The zero-order chi connectivity index (χ0) is 19.7. The molecule has 3 rings (SSSR count). The zero-order valence-electron chi connectivity index (χ0n) is 14.5. The van der Waals surface area contributed by atoms with E-state index in [1.807, 2.05) is 6.07 Å². The average molecular weight is 422 g/mol. The van der Waals surface area contributed by atoms with E-state index in [-0.39, 0.29) is 4.90 Å². The minimum absolute atomic E-state index is 0.0298. The van der Waals surface area contributed by atoms with Crippen LogP contribution in [0.4, 0.5) is 5.13 Å². The summed E-state index contributed by atoms with van der Waals surface area (Å²) in [6.45, 7) is 2.73. The molecule has 0 spiro atoms. The molecule has 1 amide bonds. The van der Waals surface area contributed by atoms with Gasteiger partial charge in [-0.2, -0.15) is 0 Å². The fourth-order valence-corrected chi connectivity index (χ4v) is 4.48. The van der Waals surface area contributed by atoms with E-state index in [1.165, 1.54) is 49.4 Å². The predicted molar refractivity (Wildman–Crippen MR) is 107 cm³/mol. The summed E-state index contributed by atoms with van der Waals surface area (Å²) in [5.74, 6) is -0.662. The average Bonchev–Trinajstić information content (AvgIpc) is 3.11. The molecule has 0 aliphatic carbocycles. The van der Waals surface area contributed by atoms with Crippen LogP contribution in [0, 0.1) is 0 Å². The Morgan fingerprint density at radius 2 is 1.89 bits per heavy atom. The van der Waals surface area contributed by atoms with Gasteiger partial charge in [0.25, 0.3) is 0 Å². The van der Waals surface area contributed by atoms with Gasteiger partial charge >= 0.3 is 0 Å². The van der Waals surface area contributed by atoms with Crippen molar-refractivity contribution in [3.63, 3.8) is 0 Å². The topological polar surface area (TPSA) is 89.0 Å². The second kappa shape index (κ2) is 7.38. The minimum atomic E-state index is -3.92. The van der Waals surface area contributed by atoms with Gasteiger partial charge in [-0.1, -0.05) is 11.6 Å². The van der Waals surface area contributed by atoms with Gasteiger partial charge in [0.05, 0.1) is 10.6 Å². The molecule has 1 N–H and O–H groups in total. The molecule has 3 aromatic rings. The molecule has 2 heterocycles. The fraction of sp³-hybridized carbons (Fsp3) is 0.167. The van der Waals surface area contributed by atoms with E-state index in [9.17, 15) is 13.2 Å². The molecule has 0 aliphatic rings. The van der Waals surface area contributed by atoms with Gasteiger partial charge in [0.1, 0.15) is 4.75 Å². The van der Waals surface area contributed by atoms with Gasteiger partial charge in [-0.05, 0) is 50.2 Å². The maximum atomic E-state index is 12.9. The van der Waals surface area contributed by atoms with Gasteiger partial charge in [-0.25, -0.2) is 13.4 Å². The van der Waals surface area contributed by atoms with E-state index in [0.29, 0.717) is 15.8 Å². The molecular formula is C18H16ClN3O3S2. The lowest BCUT2D eigenvalue weighted by Crippen LogP contribution is -2.44. The van der Waals surface area contributed by atoms with Gasteiger partial charge in [0, 0.05) is 28.4 Å². The molecular weight excluding hydrogens is 406 g/mol. The van der Waals surface area contributed by atoms with E-state index in [2.05, 4.69) is 15.3 Å². The normalized spacial score (nSPS) is 12.0. The first-order chi connectivity index (χ1) is 12.7. The number of halogens is 1. The highest BCUT2D eigenvalue weighted by Gasteiger charge is 2.43. The Balaban J connectivity index is 1.82. The number of nitrogens with zero attached hydrogens (tertiary/aromatic N) is 2. The second-order valence-corrected chi connectivity index (χ2v) is 9.99. The van der Waals surface area contributed by atoms with Crippen molar-refractivity contribution >= 4 is 43.8 Å². The number of pyridine rings is 1. The van der Waals surface area contributed by atoms with E-state index in [1.54, 1.807) is 23.8 Å². The highest BCUT2D eigenvalue weighted by Crippen LogP contribution is 2.29. The molecule has 27 heavy (non-hydrogen) atoms. The Kier molecular flexibility index (Phi) is 5.32. The number of nitrogens with one attached hydrogen (secondary N) is 1. The summed E-state index contributed by atoms with van der Waals surface area (Å²) in [4.78, 5) is 21.1. The Labute approximate surface area is 166 Å². The first-order valence-corrected chi connectivity index (χ1v) is 10.6. The number of carbonyl (C=O) groups excluding carboxylic acids is 1. The number of aromatic nitrogens is 2. The number of benzene rings is 1. The third-order valence-corrected chi connectivity index (χ3v) is 7.46. The van der Waals surface area contributed by atoms with Crippen molar-refractivity contribution in [2.75, 3.05) is 5.32 Å². The lowest BCUT2D eigenvalue weighted by molar-refractivity contribution is -0.117. The standard InChI is InChI=1S/C18H16ClN3O3S2/c1-18(2,27(24,25)14-7-5-13(19)6-8-14)16(23)22-17-21-15(11-26-17)12-4-3-9-20-10-12/h3-11H,1-2H3,(H,21,22,23). The number of sulfone groups is 1. The summed E-state index contributed by atoms with van der Waals surface area (Å²) in [5.41, 5.74) is 1.46. The first-order valence-electron chi connectivity index (χ1n) is 7.89. The Hall–Kier alpha value is -2.29. The van der Waals surface area contributed by atoms with Crippen LogP contribution in [0.1, 0.15) is 13.8 Å². The number of carbonyl (C=O) groups is 1. The highest BCUT2D eigenvalue weighted by atomic mass is 35.5. The van der Waals surface area contributed by atoms with Crippen LogP contribution >= 0.6 is 22.9 Å². The highest BCUT2D eigenvalue weighted by molar-refractivity contribution is 7.93. The first kappa shape index (κ1) is 19.5. The maximum Gasteiger partial charge on any atom is 0.247 e. The maximum absolute atomic E-state index is 12.9. The lowest BCUT2D eigenvalue weighted by atomic mass is 10.2. The third kappa shape index (κ3) is 3.87. The molecule has 0 radical (unpaired) electrons. The van der Waals surface area contributed by atoms with E-state index >= 15 is 0 Å². The van der Waals surface area contributed by atoms with Crippen molar-refractivity contribution in [3.8, 4) is 11.3 Å². The molecule has 9 heteroatoms. The van der Waals surface area contributed by atoms with Crippen LogP contribution in [0.3, 0.4) is 0 Å².